The first-order valence-corrected chi connectivity index (χ1v) is 9.68. The predicted molar refractivity (Wildman–Crippen MR) is 114 cm³/mol. The van der Waals surface area contributed by atoms with Gasteiger partial charge in [0.15, 0.2) is 0 Å². The standard InChI is InChI=1S/C23H22BrNO2/c1-16-7-6-8-17(2)22(16)25-23(26)19-11-12-21(20(24)15-19)27-14-13-18-9-4-3-5-10-18/h3-12,15H,13-14H2,1-2H3,(H,25,26). The lowest BCUT2D eigenvalue weighted by molar-refractivity contribution is 0.102. The molecule has 27 heavy (non-hydrogen) atoms. The first-order chi connectivity index (χ1) is 13.0. The van der Waals surface area contributed by atoms with Crippen molar-refractivity contribution in [2.24, 2.45) is 0 Å². The minimum Gasteiger partial charge on any atom is -0.492 e. The van der Waals surface area contributed by atoms with Crippen molar-refractivity contribution in [2.45, 2.75) is 20.3 Å². The summed E-state index contributed by atoms with van der Waals surface area (Å²) in [6.45, 7) is 4.56. The molecule has 0 saturated carbocycles. The van der Waals surface area contributed by atoms with Crippen molar-refractivity contribution in [2.75, 3.05) is 11.9 Å². The van der Waals surface area contributed by atoms with Crippen LogP contribution >= 0.6 is 15.9 Å². The van der Waals surface area contributed by atoms with Gasteiger partial charge in [0.25, 0.3) is 5.91 Å². The van der Waals surface area contributed by atoms with Crippen molar-refractivity contribution in [3.05, 3.63) is 93.5 Å². The van der Waals surface area contributed by atoms with Gasteiger partial charge in [0, 0.05) is 17.7 Å². The van der Waals surface area contributed by atoms with Crippen molar-refractivity contribution in [3.8, 4) is 5.75 Å². The Bertz CT molecular complexity index is 918. The number of anilines is 1. The molecule has 4 heteroatoms. The highest BCUT2D eigenvalue weighted by Gasteiger charge is 2.12. The summed E-state index contributed by atoms with van der Waals surface area (Å²) >= 11 is 3.51. The van der Waals surface area contributed by atoms with Gasteiger partial charge in [-0.2, -0.15) is 0 Å². The van der Waals surface area contributed by atoms with Gasteiger partial charge in [-0.05, 0) is 64.7 Å². The fourth-order valence-electron chi connectivity index (χ4n) is 2.88. The van der Waals surface area contributed by atoms with Gasteiger partial charge in [-0.25, -0.2) is 0 Å². The van der Waals surface area contributed by atoms with Crippen LogP contribution in [0, 0.1) is 13.8 Å². The first-order valence-electron chi connectivity index (χ1n) is 8.88. The van der Waals surface area contributed by atoms with E-state index in [1.807, 2.05) is 56.3 Å². The number of aryl methyl sites for hydroxylation is 2. The lowest BCUT2D eigenvalue weighted by Gasteiger charge is -2.13. The molecule has 0 unspecified atom stereocenters. The molecule has 0 spiro atoms. The maximum atomic E-state index is 12.6. The molecule has 0 aromatic heterocycles. The van der Waals surface area contributed by atoms with Crippen molar-refractivity contribution in [1.29, 1.82) is 0 Å². The maximum absolute atomic E-state index is 12.6. The second kappa shape index (κ2) is 8.87. The van der Waals surface area contributed by atoms with Gasteiger partial charge >= 0.3 is 0 Å². The number of hydrogen-bond donors (Lipinski definition) is 1. The van der Waals surface area contributed by atoms with E-state index in [1.165, 1.54) is 5.56 Å². The van der Waals surface area contributed by atoms with E-state index in [2.05, 4.69) is 33.4 Å². The molecule has 3 rings (SSSR count). The van der Waals surface area contributed by atoms with Crippen LogP contribution < -0.4 is 10.1 Å². The number of benzene rings is 3. The number of ether oxygens (including phenoxy) is 1. The predicted octanol–water partition coefficient (Wildman–Crippen LogP) is 5.94. The van der Waals surface area contributed by atoms with E-state index in [9.17, 15) is 4.79 Å². The van der Waals surface area contributed by atoms with Crippen LogP contribution in [-0.2, 0) is 6.42 Å². The largest absolute Gasteiger partial charge is 0.492 e. The van der Waals surface area contributed by atoms with Crippen LogP contribution in [-0.4, -0.2) is 12.5 Å². The van der Waals surface area contributed by atoms with Gasteiger partial charge < -0.3 is 10.1 Å². The summed E-state index contributed by atoms with van der Waals surface area (Å²) in [5.74, 6) is 0.596. The van der Waals surface area contributed by atoms with E-state index < -0.39 is 0 Å². The number of halogens is 1. The van der Waals surface area contributed by atoms with Gasteiger partial charge in [0.05, 0.1) is 11.1 Å². The quantitative estimate of drug-likeness (QED) is 0.532. The molecule has 0 saturated heterocycles. The van der Waals surface area contributed by atoms with Crippen LogP contribution in [0.3, 0.4) is 0 Å². The summed E-state index contributed by atoms with van der Waals surface area (Å²) in [5.41, 5.74) is 4.77. The molecule has 0 aliphatic rings. The Morgan fingerprint density at radius 1 is 0.963 bits per heavy atom. The van der Waals surface area contributed by atoms with Gasteiger partial charge in [-0.1, -0.05) is 48.5 Å². The monoisotopic (exact) mass is 423 g/mol. The van der Waals surface area contributed by atoms with Crippen molar-refractivity contribution in [3.63, 3.8) is 0 Å². The Morgan fingerprint density at radius 3 is 2.33 bits per heavy atom. The third-order valence-corrected chi connectivity index (χ3v) is 5.02. The molecule has 0 fully saturated rings. The molecule has 1 N–H and O–H groups in total. The molecule has 0 aliphatic carbocycles. The van der Waals surface area contributed by atoms with Crippen LogP contribution in [0.4, 0.5) is 5.69 Å². The summed E-state index contributed by atoms with van der Waals surface area (Å²) in [6.07, 6.45) is 0.835. The van der Waals surface area contributed by atoms with Crippen molar-refractivity contribution < 1.29 is 9.53 Å². The molecule has 3 aromatic carbocycles. The average molecular weight is 424 g/mol. The molecule has 138 valence electrons. The SMILES string of the molecule is Cc1cccc(C)c1NC(=O)c1ccc(OCCc2ccccc2)c(Br)c1. The van der Waals surface area contributed by atoms with Crippen LogP contribution in [0.2, 0.25) is 0 Å². The number of hydrogen-bond acceptors (Lipinski definition) is 2. The van der Waals surface area contributed by atoms with Crippen LogP contribution in [0.15, 0.2) is 71.2 Å². The third-order valence-electron chi connectivity index (χ3n) is 4.40. The summed E-state index contributed by atoms with van der Waals surface area (Å²) in [5, 5.41) is 3.01. The second-order valence-electron chi connectivity index (χ2n) is 6.45. The van der Waals surface area contributed by atoms with Crippen molar-refractivity contribution in [1.82, 2.24) is 0 Å². The minimum absolute atomic E-state index is 0.135. The minimum atomic E-state index is -0.135. The number of carbonyl (C=O) groups excluding carboxylic acids is 1. The van der Waals surface area contributed by atoms with Gasteiger partial charge in [-0.15, -0.1) is 0 Å². The van der Waals surface area contributed by atoms with E-state index in [4.69, 9.17) is 4.74 Å². The zero-order valence-electron chi connectivity index (χ0n) is 15.5. The molecule has 0 bridgehead atoms. The highest BCUT2D eigenvalue weighted by molar-refractivity contribution is 9.10. The van der Waals surface area contributed by atoms with E-state index >= 15 is 0 Å². The molecule has 1 amide bonds. The Hall–Kier alpha value is -2.59. The van der Waals surface area contributed by atoms with E-state index in [0.29, 0.717) is 12.2 Å². The second-order valence-corrected chi connectivity index (χ2v) is 7.30. The Balaban J connectivity index is 1.64. The van der Waals surface area contributed by atoms with E-state index in [-0.39, 0.29) is 5.91 Å². The maximum Gasteiger partial charge on any atom is 0.255 e. The van der Waals surface area contributed by atoms with E-state index in [0.717, 1.165) is 33.5 Å². The molecular formula is C23H22BrNO2. The summed E-state index contributed by atoms with van der Waals surface area (Å²) in [4.78, 5) is 12.6. The van der Waals surface area contributed by atoms with Crippen LogP contribution in [0.25, 0.3) is 0 Å². The zero-order valence-corrected chi connectivity index (χ0v) is 17.0. The smallest absolute Gasteiger partial charge is 0.255 e. The first kappa shape index (κ1) is 19.2. The van der Waals surface area contributed by atoms with Crippen molar-refractivity contribution >= 4 is 27.5 Å². The molecular weight excluding hydrogens is 402 g/mol. The van der Waals surface area contributed by atoms with Crippen LogP contribution in [0.1, 0.15) is 27.0 Å². The third kappa shape index (κ3) is 4.98. The van der Waals surface area contributed by atoms with E-state index in [1.54, 1.807) is 12.1 Å². The number of carbonyl (C=O) groups is 1. The number of nitrogens with one attached hydrogen (secondary N) is 1. The number of para-hydroxylation sites is 1. The average Bonchev–Trinajstić information content (AvgIpc) is 2.67. The summed E-state index contributed by atoms with van der Waals surface area (Å²) in [7, 11) is 0. The zero-order chi connectivity index (χ0) is 19.2. The Morgan fingerprint density at radius 2 is 1.67 bits per heavy atom. The normalized spacial score (nSPS) is 10.5. The molecule has 0 atom stereocenters. The van der Waals surface area contributed by atoms with Gasteiger partial charge in [0.2, 0.25) is 0 Å². The lowest BCUT2D eigenvalue weighted by atomic mass is 10.1. The Labute approximate surface area is 168 Å². The summed E-state index contributed by atoms with van der Waals surface area (Å²) < 4.78 is 6.62. The fourth-order valence-corrected chi connectivity index (χ4v) is 3.37. The molecule has 3 nitrogen and oxygen atoms in total. The summed E-state index contributed by atoms with van der Waals surface area (Å²) in [6, 6.07) is 21.6. The highest BCUT2D eigenvalue weighted by Crippen LogP contribution is 2.27. The van der Waals surface area contributed by atoms with Gasteiger partial charge in [0.1, 0.15) is 5.75 Å². The topological polar surface area (TPSA) is 38.3 Å². The molecule has 0 heterocycles. The molecule has 3 aromatic rings. The molecule has 0 aliphatic heterocycles. The molecule has 0 radical (unpaired) electrons. The Kier molecular flexibility index (Phi) is 6.30. The van der Waals surface area contributed by atoms with Crippen LogP contribution in [0.5, 0.6) is 5.75 Å². The fraction of sp³-hybridized carbons (Fsp3) is 0.174. The highest BCUT2D eigenvalue weighted by atomic mass is 79.9. The number of rotatable bonds is 6. The lowest BCUT2D eigenvalue weighted by Crippen LogP contribution is -2.14. The van der Waals surface area contributed by atoms with Gasteiger partial charge in [-0.3, -0.25) is 4.79 Å². The number of amides is 1.